The van der Waals surface area contributed by atoms with E-state index in [1.165, 1.54) is 6.33 Å². The van der Waals surface area contributed by atoms with Crippen molar-refractivity contribution in [3.8, 4) is 11.4 Å². The van der Waals surface area contributed by atoms with Gasteiger partial charge in [0.25, 0.3) is 0 Å². The molecular formula is C18H16N6O. The molecule has 0 saturated heterocycles. The predicted octanol–water partition coefficient (Wildman–Crippen LogP) is 2.84. The average Bonchev–Trinajstić information content (AvgIpc) is 3.25. The second kappa shape index (κ2) is 6.20. The van der Waals surface area contributed by atoms with Crippen LogP contribution in [0.1, 0.15) is 11.1 Å². The number of benzene rings is 1. The number of aromatic nitrogens is 5. The quantitative estimate of drug-likeness (QED) is 0.535. The number of anilines is 1. The van der Waals surface area contributed by atoms with Gasteiger partial charge in [0.15, 0.2) is 5.82 Å². The Bertz CT molecular complexity index is 1030. The summed E-state index contributed by atoms with van der Waals surface area (Å²) in [6.07, 6.45) is 5.28. The number of hydrogen-bond acceptors (Lipinski definition) is 4. The molecule has 4 aromatic rings. The van der Waals surface area contributed by atoms with Crippen LogP contribution >= 0.6 is 0 Å². The van der Waals surface area contributed by atoms with Crippen molar-refractivity contribution in [3.05, 3.63) is 60.2 Å². The third-order valence-corrected chi connectivity index (χ3v) is 4.08. The standard InChI is InChI=1S/C18H16N6O/c1-11-9-20-17(16(11)18-21-10-22-24-18)23-15(25)8-12-4-2-6-14-13(12)5-3-7-19-14/h2-7,9-10,20H,8H2,1H3,(H,23,25)(H,21,22,24). The van der Waals surface area contributed by atoms with Gasteiger partial charge in [-0.05, 0) is 30.2 Å². The van der Waals surface area contributed by atoms with Gasteiger partial charge in [0.2, 0.25) is 5.91 Å². The fraction of sp³-hybridized carbons (Fsp3) is 0.111. The highest BCUT2D eigenvalue weighted by atomic mass is 16.1. The van der Waals surface area contributed by atoms with Crippen LogP contribution in [0.2, 0.25) is 0 Å². The van der Waals surface area contributed by atoms with Crippen molar-refractivity contribution < 1.29 is 4.79 Å². The monoisotopic (exact) mass is 332 g/mol. The number of carbonyl (C=O) groups excluding carboxylic acids is 1. The summed E-state index contributed by atoms with van der Waals surface area (Å²) in [6, 6.07) is 9.65. The molecule has 0 spiro atoms. The van der Waals surface area contributed by atoms with Crippen LogP contribution in [-0.2, 0) is 11.2 Å². The molecule has 0 fully saturated rings. The fourth-order valence-electron chi connectivity index (χ4n) is 2.93. The molecule has 0 aliphatic carbocycles. The summed E-state index contributed by atoms with van der Waals surface area (Å²) >= 11 is 0. The van der Waals surface area contributed by atoms with E-state index in [2.05, 4.69) is 30.5 Å². The second-order valence-electron chi connectivity index (χ2n) is 5.77. The van der Waals surface area contributed by atoms with Gasteiger partial charge in [0.05, 0.1) is 17.5 Å². The van der Waals surface area contributed by atoms with Crippen molar-refractivity contribution in [2.45, 2.75) is 13.3 Å². The number of aromatic amines is 2. The van der Waals surface area contributed by atoms with Crippen molar-refractivity contribution in [2.75, 3.05) is 5.32 Å². The number of fused-ring (bicyclic) bond motifs is 1. The van der Waals surface area contributed by atoms with E-state index in [1.54, 1.807) is 6.20 Å². The number of H-pyrrole nitrogens is 2. The molecule has 0 aliphatic rings. The molecule has 3 N–H and O–H groups in total. The summed E-state index contributed by atoms with van der Waals surface area (Å²) in [5.41, 5.74) is 3.60. The fourth-order valence-corrected chi connectivity index (χ4v) is 2.93. The van der Waals surface area contributed by atoms with Gasteiger partial charge in [0.1, 0.15) is 12.1 Å². The summed E-state index contributed by atoms with van der Waals surface area (Å²) in [4.78, 5) is 24.1. The van der Waals surface area contributed by atoms with Crippen LogP contribution in [0, 0.1) is 6.92 Å². The number of nitrogens with zero attached hydrogens (tertiary/aromatic N) is 3. The first-order valence-electron chi connectivity index (χ1n) is 7.88. The molecule has 0 radical (unpaired) electrons. The number of rotatable bonds is 4. The van der Waals surface area contributed by atoms with Crippen LogP contribution in [0.3, 0.4) is 0 Å². The Morgan fingerprint density at radius 1 is 1.20 bits per heavy atom. The minimum atomic E-state index is -0.112. The van der Waals surface area contributed by atoms with E-state index in [0.717, 1.165) is 27.6 Å². The van der Waals surface area contributed by atoms with Crippen LogP contribution < -0.4 is 5.32 Å². The molecule has 1 amide bonds. The van der Waals surface area contributed by atoms with Crippen LogP contribution in [-0.4, -0.2) is 31.1 Å². The highest BCUT2D eigenvalue weighted by Gasteiger charge is 2.16. The van der Waals surface area contributed by atoms with Crippen LogP contribution in [0.25, 0.3) is 22.3 Å². The number of aryl methyl sites for hydroxylation is 1. The Hall–Kier alpha value is -3.48. The van der Waals surface area contributed by atoms with Gasteiger partial charge in [-0.2, -0.15) is 5.10 Å². The summed E-state index contributed by atoms with van der Waals surface area (Å²) in [7, 11) is 0. The normalized spacial score (nSPS) is 10.9. The number of carbonyl (C=O) groups is 1. The topological polar surface area (TPSA) is 99.3 Å². The molecule has 0 atom stereocenters. The lowest BCUT2D eigenvalue weighted by atomic mass is 10.1. The van der Waals surface area contributed by atoms with E-state index in [-0.39, 0.29) is 12.3 Å². The van der Waals surface area contributed by atoms with Crippen LogP contribution in [0.5, 0.6) is 0 Å². The molecule has 7 heteroatoms. The molecule has 0 unspecified atom stereocenters. The maximum Gasteiger partial charge on any atom is 0.229 e. The minimum Gasteiger partial charge on any atom is -0.347 e. The van der Waals surface area contributed by atoms with E-state index >= 15 is 0 Å². The van der Waals surface area contributed by atoms with Crippen molar-refractivity contribution >= 4 is 22.6 Å². The zero-order chi connectivity index (χ0) is 17.2. The first kappa shape index (κ1) is 15.1. The maximum absolute atomic E-state index is 12.6. The first-order valence-corrected chi connectivity index (χ1v) is 7.88. The van der Waals surface area contributed by atoms with Crippen LogP contribution in [0.15, 0.2) is 49.1 Å². The van der Waals surface area contributed by atoms with Crippen molar-refractivity contribution in [1.29, 1.82) is 0 Å². The van der Waals surface area contributed by atoms with E-state index in [1.807, 2.05) is 43.5 Å². The molecule has 1 aromatic carbocycles. The van der Waals surface area contributed by atoms with Gasteiger partial charge in [-0.15, -0.1) is 0 Å². The molecule has 0 saturated carbocycles. The highest BCUT2D eigenvalue weighted by molar-refractivity contribution is 5.97. The molecule has 7 nitrogen and oxygen atoms in total. The van der Waals surface area contributed by atoms with E-state index in [4.69, 9.17) is 0 Å². The van der Waals surface area contributed by atoms with Crippen molar-refractivity contribution in [1.82, 2.24) is 25.1 Å². The zero-order valence-corrected chi connectivity index (χ0v) is 13.6. The Morgan fingerprint density at radius 2 is 2.12 bits per heavy atom. The minimum absolute atomic E-state index is 0.112. The Labute approximate surface area is 143 Å². The lowest BCUT2D eigenvalue weighted by Gasteiger charge is -2.08. The maximum atomic E-state index is 12.6. The number of amides is 1. The number of nitrogens with one attached hydrogen (secondary N) is 3. The van der Waals surface area contributed by atoms with E-state index in [0.29, 0.717) is 11.6 Å². The Kier molecular flexibility index (Phi) is 3.74. The number of pyridine rings is 1. The van der Waals surface area contributed by atoms with Gasteiger partial charge in [-0.3, -0.25) is 14.9 Å². The SMILES string of the molecule is Cc1c[nH]c(NC(=O)Cc2cccc3ncccc23)c1-c1ncn[nH]1. The molecule has 0 bridgehead atoms. The third kappa shape index (κ3) is 2.87. The second-order valence-corrected chi connectivity index (χ2v) is 5.77. The molecule has 25 heavy (non-hydrogen) atoms. The summed E-state index contributed by atoms with van der Waals surface area (Å²) in [6.45, 7) is 1.94. The summed E-state index contributed by atoms with van der Waals surface area (Å²) in [5, 5.41) is 10.6. The first-order chi connectivity index (χ1) is 12.2. The molecule has 4 rings (SSSR count). The molecule has 0 aliphatic heterocycles. The Balaban J connectivity index is 1.59. The van der Waals surface area contributed by atoms with Gasteiger partial charge in [0, 0.05) is 17.8 Å². The van der Waals surface area contributed by atoms with E-state index in [9.17, 15) is 4.79 Å². The van der Waals surface area contributed by atoms with E-state index < -0.39 is 0 Å². The highest BCUT2D eigenvalue weighted by Crippen LogP contribution is 2.28. The lowest BCUT2D eigenvalue weighted by Crippen LogP contribution is -2.15. The lowest BCUT2D eigenvalue weighted by molar-refractivity contribution is -0.115. The smallest absolute Gasteiger partial charge is 0.229 e. The van der Waals surface area contributed by atoms with Gasteiger partial charge < -0.3 is 10.3 Å². The zero-order valence-electron chi connectivity index (χ0n) is 13.6. The predicted molar refractivity (Wildman–Crippen MR) is 95.0 cm³/mol. The Morgan fingerprint density at radius 3 is 2.96 bits per heavy atom. The van der Waals surface area contributed by atoms with Gasteiger partial charge in [-0.1, -0.05) is 18.2 Å². The molecule has 3 aromatic heterocycles. The van der Waals surface area contributed by atoms with Crippen molar-refractivity contribution in [2.24, 2.45) is 0 Å². The average molecular weight is 332 g/mol. The molecule has 3 heterocycles. The molecular weight excluding hydrogens is 316 g/mol. The van der Waals surface area contributed by atoms with Crippen molar-refractivity contribution in [3.63, 3.8) is 0 Å². The van der Waals surface area contributed by atoms with Gasteiger partial charge >= 0.3 is 0 Å². The summed E-state index contributed by atoms with van der Waals surface area (Å²) in [5.74, 6) is 1.11. The largest absolute Gasteiger partial charge is 0.347 e. The van der Waals surface area contributed by atoms with Gasteiger partial charge in [-0.25, -0.2) is 4.98 Å². The molecule has 124 valence electrons. The number of hydrogen-bond donors (Lipinski definition) is 3. The third-order valence-electron chi connectivity index (χ3n) is 4.08. The van der Waals surface area contributed by atoms with Crippen LogP contribution in [0.4, 0.5) is 5.82 Å². The summed E-state index contributed by atoms with van der Waals surface area (Å²) < 4.78 is 0.